The third-order valence-electron chi connectivity index (χ3n) is 6.83. The fourth-order valence-electron chi connectivity index (χ4n) is 4.98. The van der Waals surface area contributed by atoms with Crippen LogP contribution in [0.5, 0.6) is 0 Å². The van der Waals surface area contributed by atoms with Crippen LogP contribution in [0.1, 0.15) is 28.8 Å². The molecule has 2 aliphatic heterocycles. The summed E-state index contributed by atoms with van der Waals surface area (Å²) in [7, 11) is 1.74. The van der Waals surface area contributed by atoms with Crippen LogP contribution >= 0.6 is 11.3 Å². The molecule has 0 aliphatic carbocycles. The topological polar surface area (TPSA) is 70.6 Å². The first-order chi connectivity index (χ1) is 17.0. The monoisotopic (exact) mass is 495 g/mol. The van der Waals surface area contributed by atoms with Crippen LogP contribution in [0.4, 0.5) is 15.9 Å². The summed E-state index contributed by atoms with van der Waals surface area (Å²) in [5.41, 5.74) is 2.56. The lowest BCUT2D eigenvalue weighted by molar-refractivity contribution is -0.126. The molecule has 0 bridgehead atoms. The quantitative estimate of drug-likeness (QED) is 0.489. The Morgan fingerprint density at radius 3 is 3.06 bits per heavy atom. The van der Waals surface area contributed by atoms with Gasteiger partial charge in [0.1, 0.15) is 22.8 Å². The number of halogens is 1. The average molecular weight is 496 g/mol. The average Bonchev–Trinajstić information content (AvgIpc) is 3.45. The zero-order valence-electron chi connectivity index (χ0n) is 20.1. The summed E-state index contributed by atoms with van der Waals surface area (Å²) in [6.45, 7) is 5.53. The second-order valence-corrected chi connectivity index (χ2v) is 10.2. The molecule has 0 spiro atoms. The number of ether oxygens (including phenoxy) is 1. The molecule has 7 nitrogen and oxygen atoms in total. The molecule has 1 saturated heterocycles. The number of methoxy groups -OCH3 is 1. The predicted octanol–water partition coefficient (Wildman–Crippen LogP) is 4.43. The number of fused-ring (bicyclic) bond motifs is 3. The van der Waals surface area contributed by atoms with Crippen molar-refractivity contribution in [1.29, 1.82) is 0 Å². The molecular formula is C26H30FN5O2S. The molecule has 3 aromatic rings. The molecule has 0 saturated carbocycles. The van der Waals surface area contributed by atoms with Gasteiger partial charge in [0.2, 0.25) is 5.91 Å². The number of aryl methyl sites for hydroxylation is 1. The van der Waals surface area contributed by atoms with Crippen molar-refractivity contribution in [3.8, 4) is 0 Å². The van der Waals surface area contributed by atoms with Crippen molar-refractivity contribution in [3.05, 3.63) is 58.5 Å². The Kier molecular flexibility index (Phi) is 7.08. The maximum absolute atomic E-state index is 13.7. The first-order valence-corrected chi connectivity index (χ1v) is 12.8. The summed E-state index contributed by atoms with van der Waals surface area (Å²) < 4.78 is 19.0. The molecule has 5 rings (SSSR count). The molecule has 2 aliphatic rings. The second kappa shape index (κ2) is 10.4. The van der Waals surface area contributed by atoms with Crippen LogP contribution in [0.3, 0.4) is 0 Å². The minimum Gasteiger partial charge on any atom is -0.383 e. The van der Waals surface area contributed by atoms with E-state index in [1.807, 2.05) is 11.0 Å². The number of thiophene rings is 1. The van der Waals surface area contributed by atoms with Crippen LogP contribution in [0.15, 0.2) is 36.7 Å². The standard InChI is InChI=1S/C26H30FN5O2S/c1-17-13-18(7-8-21(17)27)30-25-24-20-9-12-32(14-22(20)35-26(24)29-16-28-25)23(33)6-4-11-31-10-3-5-19(31)15-34-2/h4,6-8,13,16,19H,3,5,9-12,14-15H2,1-2H3,(H,28,29,30)/b6-4+/t19-/m1/s1. The van der Waals surface area contributed by atoms with E-state index < -0.39 is 0 Å². The number of nitrogens with one attached hydrogen (secondary N) is 1. The summed E-state index contributed by atoms with van der Waals surface area (Å²) in [6, 6.07) is 5.38. The van der Waals surface area contributed by atoms with Crippen molar-refractivity contribution in [1.82, 2.24) is 19.8 Å². The maximum atomic E-state index is 13.7. The molecule has 2 aromatic heterocycles. The maximum Gasteiger partial charge on any atom is 0.246 e. The van der Waals surface area contributed by atoms with Crippen LogP contribution in [0.25, 0.3) is 10.2 Å². The van der Waals surface area contributed by atoms with Gasteiger partial charge in [-0.1, -0.05) is 6.08 Å². The fraction of sp³-hybridized carbons (Fsp3) is 0.423. The van der Waals surface area contributed by atoms with Gasteiger partial charge in [0.05, 0.1) is 18.5 Å². The molecule has 1 aromatic carbocycles. The van der Waals surface area contributed by atoms with E-state index in [0.717, 1.165) is 59.1 Å². The molecule has 1 fully saturated rings. The summed E-state index contributed by atoms with van der Waals surface area (Å²) in [5.74, 6) is 0.529. The van der Waals surface area contributed by atoms with Crippen LogP contribution in [0.2, 0.25) is 0 Å². The van der Waals surface area contributed by atoms with Crippen molar-refractivity contribution in [2.75, 3.05) is 38.7 Å². The van der Waals surface area contributed by atoms with E-state index >= 15 is 0 Å². The Morgan fingerprint density at radius 2 is 2.23 bits per heavy atom. The number of hydrogen-bond donors (Lipinski definition) is 1. The first kappa shape index (κ1) is 23.8. The normalized spacial score (nSPS) is 18.5. The largest absolute Gasteiger partial charge is 0.383 e. The lowest BCUT2D eigenvalue weighted by Gasteiger charge is -2.26. The van der Waals surface area contributed by atoms with Crippen LogP contribution in [-0.2, 0) is 22.5 Å². The van der Waals surface area contributed by atoms with Crippen molar-refractivity contribution in [2.24, 2.45) is 0 Å². The Labute approximate surface area is 208 Å². The smallest absolute Gasteiger partial charge is 0.246 e. The Hall–Kier alpha value is -2.88. The van der Waals surface area contributed by atoms with Crippen molar-refractivity contribution < 1.29 is 13.9 Å². The molecule has 1 N–H and O–H groups in total. The summed E-state index contributed by atoms with van der Waals surface area (Å²) >= 11 is 1.61. The number of benzene rings is 1. The Balaban J connectivity index is 1.28. The van der Waals surface area contributed by atoms with E-state index in [4.69, 9.17) is 4.74 Å². The van der Waals surface area contributed by atoms with E-state index in [0.29, 0.717) is 24.7 Å². The number of hydrogen-bond acceptors (Lipinski definition) is 7. The van der Waals surface area contributed by atoms with Crippen LogP contribution in [0, 0.1) is 12.7 Å². The highest BCUT2D eigenvalue weighted by molar-refractivity contribution is 7.19. The molecule has 1 amide bonds. The minimum atomic E-state index is -0.231. The minimum absolute atomic E-state index is 0.0433. The van der Waals surface area contributed by atoms with Crippen molar-refractivity contribution in [3.63, 3.8) is 0 Å². The van der Waals surface area contributed by atoms with Gasteiger partial charge in [-0.2, -0.15) is 0 Å². The Bertz CT molecular complexity index is 1260. The number of anilines is 2. The van der Waals surface area contributed by atoms with Gasteiger partial charge in [-0.3, -0.25) is 9.69 Å². The van der Waals surface area contributed by atoms with Crippen molar-refractivity contribution in [2.45, 2.75) is 38.8 Å². The summed E-state index contributed by atoms with van der Waals surface area (Å²) in [6.07, 6.45) is 8.32. The van der Waals surface area contributed by atoms with Crippen molar-refractivity contribution >= 4 is 39.0 Å². The van der Waals surface area contributed by atoms with Crippen LogP contribution < -0.4 is 5.32 Å². The molecule has 0 radical (unpaired) electrons. The second-order valence-electron chi connectivity index (χ2n) is 9.15. The number of nitrogens with zero attached hydrogens (tertiary/aromatic N) is 4. The molecule has 0 unspecified atom stereocenters. The number of amides is 1. The van der Waals surface area contributed by atoms with Gasteiger partial charge < -0.3 is 15.0 Å². The molecule has 9 heteroatoms. The molecule has 1 atom stereocenters. The predicted molar refractivity (Wildman–Crippen MR) is 137 cm³/mol. The lowest BCUT2D eigenvalue weighted by Crippen LogP contribution is -2.35. The van der Waals surface area contributed by atoms with E-state index in [1.165, 1.54) is 18.1 Å². The van der Waals surface area contributed by atoms with Gasteiger partial charge in [-0.25, -0.2) is 14.4 Å². The van der Waals surface area contributed by atoms with Gasteiger partial charge in [0.15, 0.2) is 0 Å². The molecule has 184 valence electrons. The molecule has 35 heavy (non-hydrogen) atoms. The fourth-order valence-corrected chi connectivity index (χ4v) is 6.18. The third kappa shape index (κ3) is 5.07. The van der Waals surface area contributed by atoms with E-state index in [2.05, 4.69) is 20.2 Å². The summed E-state index contributed by atoms with van der Waals surface area (Å²) in [4.78, 5) is 28.2. The highest BCUT2D eigenvalue weighted by atomic mass is 32.1. The number of likely N-dealkylation sites (tertiary alicyclic amines) is 1. The number of carbonyl (C=O) groups excluding carboxylic acids is 1. The highest BCUT2D eigenvalue weighted by Gasteiger charge is 2.26. The first-order valence-electron chi connectivity index (χ1n) is 12.0. The van der Waals surface area contributed by atoms with Gasteiger partial charge in [0, 0.05) is 42.9 Å². The number of carbonyl (C=O) groups is 1. The third-order valence-corrected chi connectivity index (χ3v) is 7.95. The SMILES string of the molecule is COC[C@H]1CCCN1C/C=C/C(=O)N1CCc2c(sc3ncnc(Nc4ccc(F)c(C)c4)c23)C1. The number of rotatable bonds is 7. The molecular weight excluding hydrogens is 465 g/mol. The summed E-state index contributed by atoms with van der Waals surface area (Å²) in [5, 5.41) is 4.33. The van der Waals surface area contributed by atoms with Gasteiger partial charge in [0.25, 0.3) is 0 Å². The van der Waals surface area contributed by atoms with Gasteiger partial charge in [-0.15, -0.1) is 11.3 Å². The van der Waals surface area contributed by atoms with E-state index in [9.17, 15) is 9.18 Å². The Morgan fingerprint density at radius 1 is 1.34 bits per heavy atom. The van der Waals surface area contributed by atoms with Gasteiger partial charge in [-0.05, 0) is 62.1 Å². The van der Waals surface area contributed by atoms with Crippen LogP contribution in [-0.4, -0.2) is 65.1 Å². The zero-order valence-corrected chi connectivity index (χ0v) is 20.9. The van der Waals surface area contributed by atoms with Gasteiger partial charge >= 0.3 is 0 Å². The molecule has 4 heterocycles. The number of aromatic nitrogens is 2. The zero-order chi connectivity index (χ0) is 24.4. The lowest BCUT2D eigenvalue weighted by atomic mass is 10.0. The van der Waals surface area contributed by atoms with E-state index in [1.54, 1.807) is 49.9 Å². The van der Waals surface area contributed by atoms with E-state index in [-0.39, 0.29) is 11.7 Å². The highest BCUT2D eigenvalue weighted by Crippen LogP contribution is 2.38.